The number of hydrogen-bond acceptors (Lipinski definition) is 9. The van der Waals surface area contributed by atoms with E-state index in [1.54, 1.807) is 36.7 Å². The van der Waals surface area contributed by atoms with Gasteiger partial charge in [0.15, 0.2) is 5.03 Å². The lowest BCUT2D eigenvalue weighted by molar-refractivity contribution is 0.0698. The molecule has 1 atom stereocenters. The van der Waals surface area contributed by atoms with Gasteiger partial charge in [0.2, 0.25) is 9.84 Å². The van der Waals surface area contributed by atoms with E-state index in [1.807, 2.05) is 24.3 Å². The van der Waals surface area contributed by atoms with Crippen LogP contribution in [0.3, 0.4) is 0 Å². The Morgan fingerprint density at radius 1 is 0.974 bits per heavy atom. The minimum Gasteiger partial charge on any atom is -0.478 e. The van der Waals surface area contributed by atoms with E-state index in [0.29, 0.717) is 35.4 Å². The summed E-state index contributed by atoms with van der Waals surface area (Å²) in [6, 6.07) is 19.0. The molecule has 3 heterocycles. The van der Waals surface area contributed by atoms with Gasteiger partial charge >= 0.3 is 5.97 Å². The third-order valence-electron chi connectivity index (χ3n) is 6.48. The zero-order chi connectivity index (χ0) is 27.0. The number of benzene rings is 3. The molecular weight excluding hydrogens is 520 g/mol. The largest absolute Gasteiger partial charge is 0.478 e. The summed E-state index contributed by atoms with van der Waals surface area (Å²) in [5.74, 6) is -1.11. The van der Waals surface area contributed by atoms with Crippen LogP contribution in [-0.2, 0) is 14.6 Å². The Morgan fingerprint density at radius 3 is 2.62 bits per heavy atom. The first kappa shape index (κ1) is 24.8. The van der Waals surface area contributed by atoms with Gasteiger partial charge in [-0.1, -0.05) is 12.1 Å². The van der Waals surface area contributed by atoms with E-state index in [1.165, 1.54) is 12.1 Å². The first-order valence-electron chi connectivity index (χ1n) is 12.2. The van der Waals surface area contributed by atoms with E-state index in [9.17, 15) is 18.3 Å². The van der Waals surface area contributed by atoms with Gasteiger partial charge in [0.25, 0.3) is 0 Å². The topological polar surface area (TPSA) is 158 Å². The van der Waals surface area contributed by atoms with Gasteiger partial charge in [-0.25, -0.2) is 23.2 Å². The minimum atomic E-state index is -3.90. The Bertz CT molecular complexity index is 1810. The monoisotopic (exact) mass is 544 g/mol. The van der Waals surface area contributed by atoms with E-state index >= 15 is 0 Å². The summed E-state index contributed by atoms with van der Waals surface area (Å²) in [5, 5.41) is 18.7. The van der Waals surface area contributed by atoms with Gasteiger partial charge in [0.05, 0.1) is 53.0 Å². The second-order valence-corrected chi connectivity index (χ2v) is 11.1. The minimum absolute atomic E-state index is 0.00978. The van der Waals surface area contributed by atoms with Gasteiger partial charge in [0.1, 0.15) is 5.37 Å². The van der Waals surface area contributed by atoms with Crippen molar-refractivity contribution < 1.29 is 23.1 Å². The molecule has 1 unspecified atom stereocenters. The number of hydrogen-bond donors (Lipinski definition) is 5. The van der Waals surface area contributed by atoms with Crippen molar-refractivity contribution >= 4 is 60.5 Å². The summed E-state index contributed by atoms with van der Waals surface area (Å²) in [5.41, 5.74) is 4.47. The highest BCUT2D eigenvalue weighted by atomic mass is 32.2. The maximum atomic E-state index is 13.5. The van der Waals surface area contributed by atoms with Gasteiger partial charge in [0, 0.05) is 23.3 Å². The van der Waals surface area contributed by atoms with Crippen LogP contribution >= 0.6 is 0 Å². The molecule has 0 bridgehead atoms. The number of carbonyl (C=O) groups is 1. The molecule has 2 aromatic heterocycles. The summed E-state index contributed by atoms with van der Waals surface area (Å²) in [7, 11) is -3.90. The van der Waals surface area contributed by atoms with Crippen LogP contribution in [0.1, 0.15) is 10.4 Å². The molecular formula is C27H24N6O5S. The van der Waals surface area contributed by atoms with E-state index in [2.05, 4.69) is 30.9 Å². The second-order valence-electron chi connectivity index (χ2n) is 9.04. The molecule has 198 valence electrons. The van der Waals surface area contributed by atoms with Crippen molar-refractivity contribution in [3.8, 4) is 0 Å². The van der Waals surface area contributed by atoms with Crippen molar-refractivity contribution in [3.05, 3.63) is 78.6 Å². The van der Waals surface area contributed by atoms with Crippen molar-refractivity contribution in [3.63, 3.8) is 0 Å². The fourth-order valence-corrected chi connectivity index (χ4v) is 5.93. The number of sulfone groups is 1. The maximum Gasteiger partial charge on any atom is 0.337 e. The number of carboxylic acid groups (broad SMARTS) is 1. The van der Waals surface area contributed by atoms with E-state index in [-0.39, 0.29) is 17.2 Å². The number of H-pyrrole nitrogens is 1. The number of pyridine rings is 1. The van der Waals surface area contributed by atoms with E-state index in [0.717, 1.165) is 22.4 Å². The smallest absolute Gasteiger partial charge is 0.337 e. The van der Waals surface area contributed by atoms with Gasteiger partial charge < -0.3 is 25.5 Å². The first-order valence-corrected chi connectivity index (χ1v) is 13.7. The van der Waals surface area contributed by atoms with Crippen LogP contribution in [0.4, 0.5) is 22.7 Å². The number of nitrogens with one attached hydrogen (secondary N) is 4. The number of aromatic nitrogens is 3. The Balaban J connectivity index is 1.45. The van der Waals surface area contributed by atoms with Crippen molar-refractivity contribution in [1.29, 1.82) is 0 Å². The molecule has 1 saturated heterocycles. The van der Waals surface area contributed by atoms with Gasteiger partial charge in [-0.05, 0) is 54.6 Å². The van der Waals surface area contributed by atoms with Crippen molar-refractivity contribution in [2.75, 3.05) is 30.4 Å². The fraction of sp³-hybridized carbons (Fsp3) is 0.148. The van der Waals surface area contributed by atoms with Crippen LogP contribution in [0, 0.1) is 0 Å². The maximum absolute atomic E-state index is 13.5. The van der Waals surface area contributed by atoms with Crippen molar-refractivity contribution in [2.24, 2.45) is 0 Å². The third-order valence-corrected chi connectivity index (χ3v) is 8.32. The number of aromatic amines is 1. The molecule has 0 amide bonds. The van der Waals surface area contributed by atoms with Crippen LogP contribution in [-0.4, -0.2) is 59.6 Å². The first-order chi connectivity index (χ1) is 18.9. The van der Waals surface area contributed by atoms with E-state index in [4.69, 9.17) is 4.74 Å². The number of fused-ring (bicyclic) bond motifs is 2. The van der Waals surface area contributed by atoms with Crippen molar-refractivity contribution in [1.82, 2.24) is 20.3 Å². The lowest BCUT2D eigenvalue weighted by atomic mass is 10.1. The standard InChI is InChI=1S/C27H24N6O5S/c34-27(35)18-3-1-2-4-20(18)32-23-13-25(39(36,37)26-14-38-10-9-28-26)33-21-7-5-16(11-19(21)23)31-17-6-8-22-24(12-17)30-15-29-22/h1-8,11-13,15,26,28,31H,9-10,14H2,(H,29,30)(H,32,33)(H,34,35). The highest BCUT2D eigenvalue weighted by Gasteiger charge is 2.31. The van der Waals surface area contributed by atoms with Crippen LogP contribution in [0.25, 0.3) is 21.9 Å². The zero-order valence-electron chi connectivity index (χ0n) is 20.5. The quantitative estimate of drug-likeness (QED) is 0.203. The molecule has 5 aromatic rings. The average molecular weight is 545 g/mol. The molecule has 3 aromatic carbocycles. The number of nitrogens with zero attached hydrogens (tertiary/aromatic N) is 2. The van der Waals surface area contributed by atoms with Gasteiger partial charge in [-0.15, -0.1) is 0 Å². The third kappa shape index (κ3) is 4.88. The number of aromatic carboxylic acids is 1. The molecule has 5 N–H and O–H groups in total. The molecule has 1 aliphatic heterocycles. The van der Waals surface area contributed by atoms with Crippen molar-refractivity contribution in [2.45, 2.75) is 10.4 Å². The summed E-state index contributed by atoms with van der Waals surface area (Å²) < 4.78 is 32.3. The second kappa shape index (κ2) is 9.98. The Hall–Kier alpha value is -4.52. The predicted molar refractivity (Wildman–Crippen MR) is 148 cm³/mol. The lowest BCUT2D eigenvalue weighted by Crippen LogP contribution is -2.46. The highest BCUT2D eigenvalue weighted by molar-refractivity contribution is 7.92. The molecule has 0 saturated carbocycles. The number of anilines is 4. The number of carboxylic acids is 1. The number of ether oxygens (including phenoxy) is 1. The average Bonchev–Trinajstić information content (AvgIpc) is 3.42. The fourth-order valence-electron chi connectivity index (χ4n) is 4.51. The molecule has 0 spiro atoms. The van der Waals surface area contributed by atoms with Gasteiger partial charge in [-0.3, -0.25) is 5.32 Å². The number of rotatable bonds is 7. The highest BCUT2D eigenvalue weighted by Crippen LogP contribution is 2.33. The Morgan fingerprint density at radius 2 is 1.79 bits per heavy atom. The summed E-state index contributed by atoms with van der Waals surface area (Å²) in [4.78, 5) is 23.7. The molecule has 6 rings (SSSR count). The normalized spacial score (nSPS) is 15.8. The Labute approximate surface area is 223 Å². The molecule has 1 fully saturated rings. The van der Waals surface area contributed by atoms with E-state index < -0.39 is 21.2 Å². The molecule has 0 radical (unpaired) electrons. The molecule has 11 nitrogen and oxygen atoms in total. The Kier molecular flexibility index (Phi) is 6.35. The van der Waals surface area contributed by atoms with Crippen LogP contribution in [0.2, 0.25) is 0 Å². The summed E-state index contributed by atoms with van der Waals surface area (Å²) >= 11 is 0. The van der Waals surface area contributed by atoms with Gasteiger partial charge in [-0.2, -0.15) is 0 Å². The van der Waals surface area contributed by atoms with Crippen LogP contribution in [0.15, 0.2) is 78.1 Å². The summed E-state index contributed by atoms with van der Waals surface area (Å²) in [6.45, 7) is 0.850. The predicted octanol–water partition coefficient (Wildman–Crippen LogP) is 4.02. The SMILES string of the molecule is O=C(O)c1ccccc1Nc1cc(S(=O)(=O)C2COCCN2)nc2ccc(Nc3ccc4[nH]cnc4c3)cc12. The lowest BCUT2D eigenvalue weighted by Gasteiger charge is -2.24. The molecule has 12 heteroatoms. The number of imidazole rings is 1. The zero-order valence-corrected chi connectivity index (χ0v) is 21.3. The molecule has 39 heavy (non-hydrogen) atoms. The molecule has 0 aliphatic carbocycles. The van der Waals surface area contributed by atoms with Crippen LogP contribution < -0.4 is 16.0 Å². The summed E-state index contributed by atoms with van der Waals surface area (Å²) in [6.07, 6.45) is 1.63. The number of morpholine rings is 1. The van der Waals surface area contributed by atoms with Crippen LogP contribution in [0.5, 0.6) is 0 Å². The molecule has 1 aliphatic rings. The number of para-hydroxylation sites is 1.